The molecule has 0 saturated heterocycles. The lowest BCUT2D eigenvalue weighted by Gasteiger charge is -2.18. The van der Waals surface area contributed by atoms with E-state index < -0.39 is 5.97 Å². The number of benzene rings is 1. The molecule has 2 heterocycles. The fourth-order valence-electron chi connectivity index (χ4n) is 6.32. The van der Waals surface area contributed by atoms with E-state index in [1.54, 1.807) is 30.6 Å². The van der Waals surface area contributed by atoms with Gasteiger partial charge < -0.3 is 29.0 Å². The number of hydrogen-bond acceptors (Lipinski definition) is 8. The highest BCUT2D eigenvalue weighted by atomic mass is 16.6. The first kappa shape index (κ1) is 44.1. The molecular formula is C43H69N4O6+. The van der Waals surface area contributed by atoms with Gasteiger partial charge in [0.25, 0.3) is 0 Å². The van der Waals surface area contributed by atoms with Crippen LogP contribution in [0.4, 0.5) is 0 Å². The molecule has 1 atom stereocenters. The molecule has 53 heavy (non-hydrogen) atoms. The van der Waals surface area contributed by atoms with E-state index in [4.69, 9.17) is 24.1 Å². The topological polar surface area (TPSA) is 106 Å². The van der Waals surface area contributed by atoms with Gasteiger partial charge in [-0.15, -0.1) is 0 Å². The van der Waals surface area contributed by atoms with E-state index in [2.05, 4.69) is 45.0 Å². The molecule has 3 rings (SSSR count). The van der Waals surface area contributed by atoms with Crippen molar-refractivity contribution in [3.05, 3.63) is 66.3 Å². The minimum atomic E-state index is -0.889. The molecule has 10 nitrogen and oxygen atoms in total. The second-order valence-electron chi connectivity index (χ2n) is 14.2. The molecule has 0 spiro atoms. The van der Waals surface area contributed by atoms with E-state index in [9.17, 15) is 4.79 Å². The number of aryl methyl sites for hydroxylation is 1. The van der Waals surface area contributed by atoms with Crippen LogP contribution in [0.15, 0.2) is 55.1 Å². The van der Waals surface area contributed by atoms with Crippen LogP contribution in [0.3, 0.4) is 0 Å². The summed E-state index contributed by atoms with van der Waals surface area (Å²) < 4.78 is 25.9. The number of carbonyl (C=O) groups is 1. The van der Waals surface area contributed by atoms with E-state index in [-0.39, 0.29) is 6.10 Å². The molecule has 1 aromatic heterocycles. The number of hydrogen-bond donors (Lipinski definition) is 1. The predicted octanol–water partition coefficient (Wildman–Crippen LogP) is 9.08. The second-order valence-corrected chi connectivity index (χ2v) is 14.2. The molecule has 0 radical (unpaired) electrons. The van der Waals surface area contributed by atoms with Crippen LogP contribution in [0.25, 0.3) is 0 Å². The summed E-state index contributed by atoms with van der Waals surface area (Å²) in [5, 5.41) is 9.04. The summed E-state index contributed by atoms with van der Waals surface area (Å²) in [4.78, 5) is 21.6. The van der Waals surface area contributed by atoms with Gasteiger partial charge in [0.05, 0.1) is 44.8 Å². The van der Waals surface area contributed by atoms with Gasteiger partial charge in [-0.1, -0.05) is 115 Å². The average molecular weight is 738 g/mol. The van der Waals surface area contributed by atoms with Crippen molar-refractivity contribution in [1.82, 2.24) is 14.9 Å². The van der Waals surface area contributed by atoms with Gasteiger partial charge >= 0.3 is 12.0 Å². The Bertz CT molecular complexity index is 1240. The van der Waals surface area contributed by atoms with Crippen molar-refractivity contribution in [2.24, 2.45) is 0 Å². The molecule has 1 unspecified atom stereocenters. The normalized spacial score (nSPS) is 14.0. The first-order chi connectivity index (χ1) is 26.1. The molecule has 0 bridgehead atoms. The van der Waals surface area contributed by atoms with Crippen molar-refractivity contribution in [1.29, 1.82) is 0 Å². The van der Waals surface area contributed by atoms with E-state index >= 15 is 0 Å². The van der Waals surface area contributed by atoms with Crippen molar-refractivity contribution in [2.45, 2.75) is 135 Å². The van der Waals surface area contributed by atoms with Gasteiger partial charge in [0, 0.05) is 32.0 Å². The minimum Gasteiger partial charge on any atom is -0.478 e. The van der Waals surface area contributed by atoms with Crippen LogP contribution >= 0.6 is 0 Å². The summed E-state index contributed by atoms with van der Waals surface area (Å²) in [6.45, 7) is 7.05. The average Bonchev–Trinajstić information content (AvgIpc) is 3.63. The standard InChI is InChI=1S/C43H68N4O6/c1-2-3-4-5-6-7-8-9-10-11-12-13-14-15-16-19-32-51-36-41(53-43-44-26-20-27-45-43)37-52-35-34-50-33-31-47-30-29-46(38-47)28-18-17-21-39-22-24-40(25-23-39)42(48)49/h20,22-30,41H,2-19,21,31-38H2,1H3/p+1. The highest BCUT2D eigenvalue weighted by Gasteiger charge is 2.15. The number of unbranched alkanes of at least 4 members (excludes halogenated alkanes) is 16. The van der Waals surface area contributed by atoms with Crippen LogP contribution in [0.2, 0.25) is 0 Å². The predicted molar refractivity (Wildman–Crippen MR) is 212 cm³/mol. The Morgan fingerprint density at radius 2 is 1.36 bits per heavy atom. The monoisotopic (exact) mass is 738 g/mol. The molecule has 1 aromatic carbocycles. The number of carboxylic acids is 1. The van der Waals surface area contributed by atoms with Crippen LogP contribution in [0, 0.1) is 0 Å². The number of aromatic nitrogens is 2. The molecule has 0 amide bonds. The zero-order valence-electron chi connectivity index (χ0n) is 32.7. The van der Waals surface area contributed by atoms with Crippen LogP contribution in [-0.2, 0) is 20.6 Å². The fourth-order valence-corrected chi connectivity index (χ4v) is 6.32. The Balaban J connectivity index is 1.15. The molecule has 1 aliphatic rings. The van der Waals surface area contributed by atoms with Crippen LogP contribution < -0.4 is 4.74 Å². The third-order valence-electron chi connectivity index (χ3n) is 9.51. The summed E-state index contributed by atoms with van der Waals surface area (Å²) in [6.07, 6.45) is 34.1. The fraction of sp³-hybridized carbons (Fsp3) is 0.674. The first-order valence-corrected chi connectivity index (χ1v) is 20.6. The van der Waals surface area contributed by atoms with Gasteiger partial charge in [-0.05, 0) is 43.0 Å². The Morgan fingerprint density at radius 1 is 0.774 bits per heavy atom. The number of aromatic carboxylic acids is 1. The maximum absolute atomic E-state index is 11.0. The molecule has 1 N–H and O–H groups in total. The van der Waals surface area contributed by atoms with E-state index in [1.165, 1.54) is 96.3 Å². The molecular weight excluding hydrogens is 668 g/mol. The van der Waals surface area contributed by atoms with E-state index in [0.717, 1.165) is 51.1 Å². The third-order valence-corrected chi connectivity index (χ3v) is 9.51. The quantitative estimate of drug-likeness (QED) is 0.0556. The largest absolute Gasteiger partial charge is 0.478 e. The van der Waals surface area contributed by atoms with Crippen molar-refractivity contribution < 1.29 is 33.4 Å². The highest BCUT2D eigenvalue weighted by Crippen LogP contribution is 2.14. The summed E-state index contributed by atoms with van der Waals surface area (Å²) in [7, 11) is 0. The second kappa shape index (κ2) is 30.0. The molecule has 2 aromatic rings. The van der Waals surface area contributed by atoms with E-state index in [1.807, 2.05) is 12.1 Å². The van der Waals surface area contributed by atoms with Crippen molar-refractivity contribution in [3.8, 4) is 6.01 Å². The Kier molecular flexibility index (Phi) is 25.0. The number of rotatable bonds is 34. The zero-order chi connectivity index (χ0) is 37.4. The Morgan fingerprint density at radius 3 is 1.98 bits per heavy atom. The van der Waals surface area contributed by atoms with E-state index in [0.29, 0.717) is 44.6 Å². The minimum absolute atomic E-state index is 0.284. The molecule has 10 heteroatoms. The molecule has 1 aliphatic heterocycles. The van der Waals surface area contributed by atoms with Crippen LogP contribution in [0.5, 0.6) is 6.01 Å². The Hall–Kier alpha value is -3.34. The lowest BCUT2D eigenvalue weighted by Crippen LogP contribution is -2.30. The molecule has 0 aliphatic carbocycles. The lowest BCUT2D eigenvalue weighted by atomic mass is 10.0. The zero-order valence-corrected chi connectivity index (χ0v) is 32.7. The summed E-state index contributed by atoms with van der Waals surface area (Å²) in [6, 6.07) is 9.24. The van der Waals surface area contributed by atoms with Crippen molar-refractivity contribution in [2.75, 3.05) is 52.9 Å². The number of nitrogens with zero attached hydrogens (tertiary/aromatic N) is 4. The SMILES string of the molecule is CCCCCCCCCCCCCCCCCCOCC(COCCOCCN1C=C[N+](=CCCCc2ccc(C(=O)O)cc2)C1)Oc1ncccn1. The van der Waals surface area contributed by atoms with Gasteiger partial charge in [0.1, 0.15) is 12.3 Å². The maximum atomic E-state index is 11.0. The first-order valence-electron chi connectivity index (χ1n) is 20.6. The summed E-state index contributed by atoms with van der Waals surface area (Å²) in [5.74, 6) is -0.889. The lowest BCUT2D eigenvalue weighted by molar-refractivity contribution is -0.460. The number of carboxylic acid groups (broad SMARTS) is 1. The highest BCUT2D eigenvalue weighted by molar-refractivity contribution is 5.87. The van der Waals surface area contributed by atoms with Crippen LogP contribution in [0.1, 0.15) is 138 Å². The molecule has 0 saturated carbocycles. The van der Waals surface area contributed by atoms with Gasteiger partial charge in [-0.2, -0.15) is 4.58 Å². The van der Waals surface area contributed by atoms with Gasteiger partial charge in [0.15, 0.2) is 6.20 Å². The third kappa shape index (κ3) is 22.5. The van der Waals surface area contributed by atoms with Crippen molar-refractivity contribution >= 4 is 12.2 Å². The van der Waals surface area contributed by atoms with Crippen LogP contribution in [-0.4, -0.2) is 95.7 Å². The maximum Gasteiger partial charge on any atom is 0.335 e. The summed E-state index contributed by atoms with van der Waals surface area (Å²) in [5.41, 5.74) is 1.48. The van der Waals surface area contributed by atoms with Gasteiger partial charge in [0.2, 0.25) is 6.67 Å². The number of ether oxygens (including phenoxy) is 4. The molecule has 0 fully saturated rings. The Labute approximate surface area is 320 Å². The van der Waals surface area contributed by atoms with Gasteiger partial charge in [-0.3, -0.25) is 0 Å². The van der Waals surface area contributed by atoms with Gasteiger partial charge in [-0.25, -0.2) is 14.8 Å². The summed E-state index contributed by atoms with van der Waals surface area (Å²) >= 11 is 0. The van der Waals surface area contributed by atoms with Crippen molar-refractivity contribution in [3.63, 3.8) is 0 Å². The smallest absolute Gasteiger partial charge is 0.335 e. The molecule has 296 valence electrons.